The van der Waals surface area contributed by atoms with Crippen LogP contribution in [0.25, 0.3) is 0 Å². The summed E-state index contributed by atoms with van der Waals surface area (Å²) in [6.45, 7) is 0.340. The number of carbonyl (C=O) groups is 2. The van der Waals surface area contributed by atoms with Crippen molar-refractivity contribution in [2.75, 3.05) is 5.75 Å². The van der Waals surface area contributed by atoms with Gasteiger partial charge in [0.05, 0.1) is 5.75 Å². The summed E-state index contributed by atoms with van der Waals surface area (Å²) in [4.78, 5) is 29.1. The molecular weight excluding hydrogens is 523 g/mol. The number of rotatable bonds is 11. The highest BCUT2D eigenvalue weighted by molar-refractivity contribution is 7.99. The molecule has 2 amide bonds. The molecule has 1 atom stereocenters. The Balaban J connectivity index is 1.55. The maximum Gasteiger partial charge on any atom is 0.243 e. The van der Waals surface area contributed by atoms with Crippen molar-refractivity contribution in [1.82, 2.24) is 10.2 Å². The second-order valence-corrected chi connectivity index (χ2v) is 11.3. The van der Waals surface area contributed by atoms with Crippen LogP contribution in [-0.4, -0.2) is 34.6 Å². The van der Waals surface area contributed by atoms with Crippen LogP contribution in [0.4, 0.5) is 0 Å². The molecular formula is C30H32Cl2N2O2S. The van der Waals surface area contributed by atoms with E-state index in [-0.39, 0.29) is 23.6 Å². The molecule has 1 fully saturated rings. The lowest BCUT2D eigenvalue weighted by molar-refractivity contribution is -0.139. The minimum Gasteiger partial charge on any atom is -0.352 e. The number of carbonyl (C=O) groups excluding carboxylic acids is 2. The van der Waals surface area contributed by atoms with Gasteiger partial charge < -0.3 is 10.2 Å². The van der Waals surface area contributed by atoms with Gasteiger partial charge in [0.1, 0.15) is 6.04 Å². The van der Waals surface area contributed by atoms with E-state index in [1.165, 1.54) is 0 Å². The van der Waals surface area contributed by atoms with E-state index in [1.807, 2.05) is 78.9 Å². The normalized spacial score (nSPS) is 14.3. The van der Waals surface area contributed by atoms with E-state index in [1.54, 1.807) is 16.7 Å². The summed E-state index contributed by atoms with van der Waals surface area (Å²) in [5, 5.41) is 4.57. The maximum atomic E-state index is 13.7. The molecule has 4 nitrogen and oxygen atoms in total. The predicted molar refractivity (Wildman–Crippen MR) is 154 cm³/mol. The van der Waals surface area contributed by atoms with Crippen molar-refractivity contribution < 1.29 is 9.59 Å². The minimum absolute atomic E-state index is 0.0589. The van der Waals surface area contributed by atoms with Gasteiger partial charge in [-0.25, -0.2) is 0 Å². The summed E-state index contributed by atoms with van der Waals surface area (Å²) in [6.07, 6.45) is 4.70. The lowest BCUT2D eigenvalue weighted by atomic mass is 10.0. The molecule has 0 aromatic heterocycles. The van der Waals surface area contributed by atoms with Crippen LogP contribution in [-0.2, 0) is 28.3 Å². The van der Waals surface area contributed by atoms with Crippen molar-refractivity contribution in [3.05, 3.63) is 106 Å². The Morgan fingerprint density at radius 1 is 0.838 bits per heavy atom. The third-order valence-corrected chi connectivity index (χ3v) is 8.14. The van der Waals surface area contributed by atoms with Gasteiger partial charge in [0.25, 0.3) is 0 Å². The highest BCUT2D eigenvalue weighted by atomic mass is 35.5. The molecule has 1 N–H and O–H groups in total. The van der Waals surface area contributed by atoms with E-state index in [0.29, 0.717) is 28.8 Å². The fourth-order valence-electron chi connectivity index (χ4n) is 4.63. The number of hydrogen-bond acceptors (Lipinski definition) is 3. The second-order valence-electron chi connectivity index (χ2n) is 9.46. The lowest BCUT2D eigenvalue weighted by Crippen LogP contribution is -2.52. The van der Waals surface area contributed by atoms with Crippen LogP contribution < -0.4 is 5.32 Å². The molecule has 7 heteroatoms. The van der Waals surface area contributed by atoms with Gasteiger partial charge in [-0.2, -0.15) is 0 Å². The van der Waals surface area contributed by atoms with Crippen LogP contribution >= 0.6 is 35.0 Å². The van der Waals surface area contributed by atoms with Gasteiger partial charge in [-0.1, -0.05) is 90.6 Å². The molecule has 1 aliphatic carbocycles. The molecule has 4 rings (SSSR count). The molecule has 3 aromatic carbocycles. The third-order valence-electron chi connectivity index (χ3n) is 6.65. The molecule has 0 bridgehead atoms. The maximum absolute atomic E-state index is 13.7. The van der Waals surface area contributed by atoms with Crippen LogP contribution in [0.15, 0.2) is 78.9 Å². The van der Waals surface area contributed by atoms with Crippen LogP contribution in [0.2, 0.25) is 10.0 Å². The van der Waals surface area contributed by atoms with E-state index in [2.05, 4.69) is 5.32 Å². The smallest absolute Gasteiger partial charge is 0.243 e. The Morgan fingerprint density at radius 2 is 1.43 bits per heavy atom. The summed E-state index contributed by atoms with van der Waals surface area (Å²) in [5.74, 6) is 0.824. The van der Waals surface area contributed by atoms with Crippen molar-refractivity contribution >= 4 is 46.8 Å². The standard InChI is InChI=1S/C30H32Cl2N2O2S/c31-25-14-10-23(11-15-25)19-34(29(35)21-37-20-24-12-16-26(32)17-13-24)28(18-22-6-2-1-3-7-22)30(36)33-27-8-4-5-9-27/h1-3,6-7,10-17,27-28H,4-5,8-9,18-21H2,(H,33,36). The first-order chi connectivity index (χ1) is 18.0. The van der Waals surface area contributed by atoms with Crippen LogP contribution in [0, 0.1) is 0 Å². The molecule has 3 aromatic rings. The van der Waals surface area contributed by atoms with E-state index in [0.717, 1.165) is 42.4 Å². The average molecular weight is 556 g/mol. The fraction of sp³-hybridized carbons (Fsp3) is 0.333. The fourth-order valence-corrected chi connectivity index (χ4v) is 5.75. The minimum atomic E-state index is -0.609. The molecule has 0 aliphatic heterocycles. The summed E-state index contributed by atoms with van der Waals surface area (Å²) in [7, 11) is 0. The zero-order valence-electron chi connectivity index (χ0n) is 20.7. The first kappa shape index (κ1) is 27.6. The second kappa shape index (κ2) is 13.9. The van der Waals surface area contributed by atoms with Crippen molar-refractivity contribution in [3.63, 3.8) is 0 Å². The number of nitrogens with zero attached hydrogens (tertiary/aromatic N) is 1. The average Bonchev–Trinajstić information content (AvgIpc) is 3.42. The van der Waals surface area contributed by atoms with Crippen molar-refractivity contribution in [3.8, 4) is 0 Å². The Kier molecular flexibility index (Phi) is 10.4. The highest BCUT2D eigenvalue weighted by Crippen LogP contribution is 2.22. The topological polar surface area (TPSA) is 49.4 Å². The first-order valence-electron chi connectivity index (χ1n) is 12.7. The van der Waals surface area contributed by atoms with Gasteiger partial charge in [-0.3, -0.25) is 9.59 Å². The van der Waals surface area contributed by atoms with Gasteiger partial charge in [0.15, 0.2) is 0 Å². The molecule has 194 valence electrons. The van der Waals surface area contributed by atoms with E-state index < -0.39 is 6.04 Å². The summed E-state index contributed by atoms with van der Waals surface area (Å²) < 4.78 is 0. The molecule has 0 radical (unpaired) electrons. The number of thioether (sulfide) groups is 1. The van der Waals surface area contributed by atoms with Gasteiger partial charge >= 0.3 is 0 Å². The molecule has 0 spiro atoms. The van der Waals surface area contributed by atoms with E-state index in [4.69, 9.17) is 23.2 Å². The number of benzene rings is 3. The van der Waals surface area contributed by atoms with Crippen LogP contribution in [0.5, 0.6) is 0 Å². The van der Waals surface area contributed by atoms with Crippen molar-refractivity contribution in [2.45, 2.75) is 56.5 Å². The first-order valence-corrected chi connectivity index (χ1v) is 14.6. The van der Waals surface area contributed by atoms with Gasteiger partial charge in [-0.05, 0) is 53.8 Å². The van der Waals surface area contributed by atoms with Gasteiger partial charge in [0.2, 0.25) is 11.8 Å². The highest BCUT2D eigenvalue weighted by Gasteiger charge is 2.32. The molecule has 1 saturated carbocycles. The summed E-state index contributed by atoms with van der Waals surface area (Å²) in [5.41, 5.74) is 3.07. The number of hydrogen-bond donors (Lipinski definition) is 1. The number of halogens is 2. The van der Waals surface area contributed by atoms with Crippen molar-refractivity contribution in [2.24, 2.45) is 0 Å². The predicted octanol–water partition coefficient (Wildman–Crippen LogP) is 6.93. The Hall–Kier alpha value is -2.47. The van der Waals surface area contributed by atoms with Crippen LogP contribution in [0.3, 0.4) is 0 Å². The Bertz CT molecular complexity index is 1150. The Labute approximate surface area is 233 Å². The zero-order chi connectivity index (χ0) is 26.0. The van der Waals surface area contributed by atoms with E-state index >= 15 is 0 Å². The zero-order valence-corrected chi connectivity index (χ0v) is 23.1. The van der Waals surface area contributed by atoms with Gasteiger partial charge in [-0.15, -0.1) is 11.8 Å². The van der Waals surface area contributed by atoms with E-state index in [9.17, 15) is 9.59 Å². The molecule has 0 saturated heterocycles. The SMILES string of the molecule is O=C(NC1CCCC1)C(Cc1ccccc1)N(Cc1ccc(Cl)cc1)C(=O)CSCc1ccc(Cl)cc1. The van der Waals surface area contributed by atoms with Crippen molar-refractivity contribution in [1.29, 1.82) is 0 Å². The van der Waals surface area contributed by atoms with Crippen LogP contribution in [0.1, 0.15) is 42.4 Å². The largest absolute Gasteiger partial charge is 0.352 e. The monoisotopic (exact) mass is 554 g/mol. The lowest BCUT2D eigenvalue weighted by Gasteiger charge is -2.32. The third kappa shape index (κ3) is 8.53. The molecule has 1 aliphatic rings. The number of nitrogens with one attached hydrogen (secondary N) is 1. The molecule has 37 heavy (non-hydrogen) atoms. The van der Waals surface area contributed by atoms with Gasteiger partial charge in [0, 0.05) is 34.8 Å². The number of amides is 2. The summed E-state index contributed by atoms with van der Waals surface area (Å²) in [6, 6.07) is 24.6. The quantitative estimate of drug-likeness (QED) is 0.279. The summed E-state index contributed by atoms with van der Waals surface area (Å²) >= 11 is 13.7. The molecule has 1 unspecified atom stereocenters. The molecule has 0 heterocycles. The Morgan fingerprint density at radius 3 is 2.05 bits per heavy atom.